The Morgan fingerprint density at radius 3 is 1.58 bits per heavy atom. The van der Waals surface area contributed by atoms with E-state index >= 15 is 0 Å². The van der Waals surface area contributed by atoms with Crippen molar-refractivity contribution >= 4 is 0 Å². The normalized spacial score (nSPS) is 27.0. The van der Waals surface area contributed by atoms with Gasteiger partial charge in [0.05, 0.1) is 5.66 Å². The Bertz CT molecular complexity index is 139. The van der Waals surface area contributed by atoms with Gasteiger partial charge in [0.25, 0.3) is 0 Å². The molecule has 0 spiro atoms. The topological polar surface area (TPSA) is 104 Å². The second-order valence-electron chi connectivity index (χ2n) is 4.14. The van der Waals surface area contributed by atoms with Gasteiger partial charge in [0.1, 0.15) is 0 Å². The van der Waals surface area contributed by atoms with Gasteiger partial charge in [-0.05, 0) is 44.2 Å². The van der Waals surface area contributed by atoms with Crippen molar-refractivity contribution in [2.75, 3.05) is 13.1 Å². The summed E-state index contributed by atoms with van der Waals surface area (Å²) in [6.07, 6.45) is 3.60. The van der Waals surface area contributed by atoms with Crippen LogP contribution in [0.3, 0.4) is 0 Å². The van der Waals surface area contributed by atoms with Gasteiger partial charge in [-0.1, -0.05) is 0 Å². The molecular weight excluding hydrogens is 152 g/mol. The van der Waals surface area contributed by atoms with Gasteiger partial charge in [-0.25, -0.2) is 0 Å². The highest BCUT2D eigenvalue weighted by atomic mass is 15.0. The fourth-order valence-corrected chi connectivity index (χ4v) is 1.74. The first-order valence-corrected chi connectivity index (χ1v) is 4.52. The van der Waals surface area contributed by atoms with Crippen molar-refractivity contribution in [3.05, 3.63) is 0 Å². The molecule has 0 aromatic rings. The van der Waals surface area contributed by atoms with Crippen LogP contribution in [0.2, 0.25) is 0 Å². The van der Waals surface area contributed by atoms with E-state index in [1.165, 1.54) is 0 Å². The first kappa shape index (κ1) is 9.92. The molecule has 1 rings (SSSR count). The van der Waals surface area contributed by atoms with Crippen molar-refractivity contribution in [3.8, 4) is 0 Å². The summed E-state index contributed by atoms with van der Waals surface area (Å²) in [5.41, 5.74) is 22.6. The average molecular weight is 172 g/mol. The van der Waals surface area contributed by atoms with Crippen LogP contribution in [0.5, 0.6) is 0 Å². The van der Waals surface area contributed by atoms with Crippen molar-refractivity contribution < 1.29 is 0 Å². The Hall–Kier alpha value is -0.160. The monoisotopic (exact) mass is 172 g/mol. The molecule has 0 bridgehead atoms. The lowest BCUT2D eigenvalue weighted by molar-refractivity contribution is 0.147. The molecule has 0 radical (unpaired) electrons. The molecule has 0 aromatic carbocycles. The molecule has 0 unspecified atom stereocenters. The number of hydrogen-bond donors (Lipinski definition) is 4. The molecule has 1 aliphatic carbocycles. The third kappa shape index (κ3) is 1.95. The lowest BCUT2D eigenvalue weighted by atomic mass is 9.71. The Labute approximate surface area is 73.6 Å². The largest absolute Gasteiger partial charge is 0.330 e. The van der Waals surface area contributed by atoms with Crippen LogP contribution in [-0.4, -0.2) is 18.8 Å². The maximum absolute atomic E-state index is 5.80. The highest BCUT2D eigenvalue weighted by Gasteiger charge is 2.36. The lowest BCUT2D eigenvalue weighted by Gasteiger charge is -2.41. The van der Waals surface area contributed by atoms with Crippen LogP contribution in [0.1, 0.15) is 25.7 Å². The van der Waals surface area contributed by atoms with E-state index in [1.807, 2.05) is 0 Å². The molecular formula is C8H20N4. The van der Waals surface area contributed by atoms with Gasteiger partial charge in [-0.3, -0.25) is 0 Å². The van der Waals surface area contributed by atoms with E-state index in [-0.39, 0.29) is 5.41 Å². The molecule has 0 atom stereocenters. The zero-order chi connectivity index (χ0) is 9.24. The van der Waals surface area contributed by atoms with E-state index in [2.05, 4.69) is 0 Å². The van der Waals surface area contributed by atoms with Crippen LogP contribution in [0.25, 0.3) is 0 Å². The van der Waals surface area contributed by atoms with Crippen molar-refractivity contribution in [1.29, 1.82) is 0 Å². The summed E-state index contributed by atoms with van der Waals surface area (Å²) in [5, 5.41) is 0. The Morgan fingerprint density at radius 1 is 0.833 bits per heavy atom. The molecule has 4 nitrogen and oxygen atoms in total. The van der Waals surface area contributed by atoms with Gasteiger partial charge in [0.15, 0.2) is 0 Å². The zero-order valence-electron chi connectivity index (χ0n) is 7.55. The van der Waals surface area contributed by atoms with Crippen molar-refractivity contribution in [3.63, 3.8) is 0 Å². The van der Waals surface area contributed by atoms with Gasteiger partial charge in [-0.2, -0.15) is 0 Å². The summed E-state index contributed by atoms with van der Waals surface area (Å²) in [5.74, 6) is 0. The first-order chi connectivity index (χ1) is 5.54. The van der Waals surface area contributed by atoms with Gasteiger partial charge < -0.3 is 22.9 Å². The highest BCUT2D eigenvalue weighted by Crippen LogP contribution is 2.36. The minimum Gasteiger partial charge on any atom is -0.330 e. The quantitative estimate of drug-likeness (QED) is 0.404. The molecule has 0 amide bonds. The summed E-state index contributed by atoms with van der Waals surface area (Å²) in [4.78, 5) is 0. The van der Waals surface area contributed by atoms with E-state index in [0.717, 1.165) is 25.7 Å². The average Bonchev–Trinajstić information content (AvgIpc) is 2.06. The molecule has 1 saturated carbocycles. The Morgan fingerprint density at radius 2 is 1.25 bits per heavy atom. The minimum absolute atomic E-state index is 0.113. The zero-order valence-corrected chi connectivity index (χ0v) is 7.55. The molecule has 8 N–H and O–H groups in total. The standard InChI is InChI=1S/C8H20N4/c9-5-7(6-10)1-3-8(11,12)4-2-7/h1-6,9-12H2. The highest BCUT2D eigenvalue weighted by molar-refractivity contribution is 4.93. The molecule has 0 heterocycles. The van der Waals surface area contributed by atoms with Gasteiger partial charge in [0, 0.05) is 0 Å². The summed E-state index contributed by atoms with van der Waals surface area (Å²) in [6.45, 7) is 1.30. The van der Waals surface area contributed by atoms with Crippen molar-refractivity contribution in [1.82, 2.24) is 0 Å². The third-order valence-electron chi connectivity index (χ3n) is 3.11. The SMILES string of the molecule is NCC1(CN)CCC(N)(N)CC1. The van der Waals surface area contributed by atoms with Gasteiger partial charge in [-0.15, -0.1) is 0 Å². The smallest absolute Gasteiger partial charge is 0.0637 e. The molecule has 12 heavy (non-hydrogen) atoms. The maximum atomic E-state index is 5.80. The molecule has 0 aliphatic heterocycles. The number of nitrogens with two attached hydrogens (primary N) is 4. The fourth-order valence-electron chi connectivity index (χ4n) is 1.74. The predicted molar refractivity (Wildman–Crippen MR) is 50.1 cm³/mol. The van der Waals surface area contributed by atoms with Crippen LogP contribution in [0, 0.1) is 5.41 Å². The first-order valence-electron chi connectivity index (χ1n) is 4.52. The molecule has 72 valence electrons. The second-order valence-corrected chi connectivity index (χ2v) is 4.14. The minimum atomic E-state index is -0.478. The van der Waals surface area contributed by atoms with E-state index in [9.17, 15) is 0 Å². The van der Waals surface area contributed by atoms with Gasteiger partial charge in [0.2, 0.25) is 0 Å². The lowest BCUT2D eigenvalue weighted by Crippen LogP contribution is -2.56. The maximum Gasteiger partial charge on any atom is 0.0637 e. The molecule has 0 aromatic heterocycles. The fraction of sp³-hybridized carbons (Fsp3) is 1.00. The number of hydrogen-bond acceptors (Lipinski definition) is 4. The second kappa shape index (κ2) is 3.30. The summed E-state index contributed by atoms with van der Waals surface area (Å²) in [7, 11) is 0. The summed E-state index contributed by atoms with van der Waals surface area (Å²) < 4.78 is 0. The van der Waals surface area contributed by atoms with Crippen molar-refractivity contribution in [2.45, 2.75) is 31.3 Å². The van der Waals surface area contributed by atoms with E-state index in [4.69, 9.17) is 22.9 Å². The van der Waals surface area contributed by atoms with Crippen LogP contribution < -0.4 is 22.9 Å². The Balaban J connectivity index is 2.53. The molecule has 1 aliphatic rings. The predicted octanol–water partition coefficient (Wildman–Crippen LogP) is -0.922. The molecule has 0 saturated heterocycles. The van der Waals surface area contributed by atoms with E-state index in [0.29, 0.717) is 13.1 Å². The van der Waals surface area contributed by atoms with Crippen LogP contribution in [0.15, 0.2) is 0 Å². The van der Waals surface area contributed by atoms with E-state index in [1.54, 1.807) is 0 Å². The van der Waals surface area contributed by atoms with Gasteiger partial charge >= 0.3 is 0 Å². The van der Waals surface area contributed by atoms with Crippen LogP contribution >= 0.6 is 0 Å². The number of rotatable bonds is 2. The third-order valence-corrected chi connectivity index (χ3v) is 3.11. The molecule has 4 heteroatoms. The summed E-state index contributed by atoms with van der Waals surface area (Å²) >= 11 is 0. The van der Waals surface area contributed by atoms with Crippen LogP contribution in [0.4, 0.5) is 0 Å². The van der Waals surface area contributed by atoms with Crippen molar-refractivity contribution in [2.24, 2.45) is 28.3 Å². The Kier molecular flexibility index (Phi) is 2.73. The van der Waals surface area contributed by atoms with Crippen LogP contribution in [-0.2, 0) is 0 Å². The van der Waals surface area contributed by atoms with E-state index < -0.39 is 5.66 Å². The molecule has 1 fully saturated rings. The summed E-state index contributed by atoms with van der Waals surface area (Å²) in [6, 6.07) is 0.